The minimum absolute atomic E-state index is 0.0590. The maximum Gasteiger partial charge on any atom is 0.265 e. The van der Waals surface area contributed by atoms with E-state index in [4.69, 9.17) is 28.6 Å². The van der Waals surface area contributed by atoms with Crippen LogP contribution in [0.15, 0.2) is 42.5 Å². The van der Waals surface area contributed by atoms with Gasteiger partial charge in [-0.3, -0.25) is 25.3 Å². The van der Waals surface area contributed by atoms with Gasteiger partial charge in [0.05, 0.1) is 10.7 Å². The van der Waals surface area contributed by atoms with Crippen molar-refractivity contribution in [1.82, 2.24) is 10.9 Å². The highest BCUT2D eigenvalue weighted by Gasteiger charge is 2.26. The van der Waals surface area contributed by atoms with Crippen molar-refractivity contribution in [2.75, 3.05) is 23.4 Å². The van der Waals surface area contributed by atoms with Gasteiger partial charge in [-0.2, -0.15) is 0 Å². The first-order chi connectivity index (χ1) is 12.9. The molecule has 0 saturated carbocycles. The number of thiocarbonyl (C=S) groups is 1. The molecule has 0 atom stereocenters. The maximum atomic E-state index is 13.1. The Morgan fingerprint density at radius 3 is 2.81 bits per heavy atom. The van der Waals surface area contributed by atoms with Crippen LogP contribution < -0.4 is 25.8 Å². The van der Waals surface area contributed by atoms with Gasteiger partial charge < -0.3 is 10.1 Å². The monoisotopic (exact) mass is 408 g/mol. The Kier molecular flexibility index (Phi) is 5.72. The van der Waals surface area contributed by atoms with Crippen LogP contribution in [0.5, 0.6) is 5.75 Å². The third-order valence-corrected chi connectivity index (χ3v) is 4.10. The smallest absolute Gasteiger partial charge is 0.265 e. The van der Waals surface area contributed by atoms with E-state index >= 15 is 0 Å². The SMILES string of the molecule is O=C(CN1C(=O)COc2ccccc21)NNC(=S)Nc1ccc(F)c(Cl)c1. The number of ether oxygens (including phenoxy) is 1. The number of carbonyl (C=O) groups excluding carboxylic acids is 2. The lowest BCUT2D eigenvalue weighted by Gasteiger charge is -2.28. The molecule has 27 heavy (non-hydrogen) atoms. The zero-order chi connectivity index (χ0) is 19.4. The van der Waals surface area contributed by atoms with Crippen LogP contribution in [-0.4, -0.2) is 30.1 Å². The number of fused-ring (bicyclic) bond motifs is 1. The number of nitrogens with one attached hydrogen (secondary N) is 3. The van der Waals surface area contributed by atoms with E-state index in [-0.39, 0.29) is 29.2 Å². The number of hydrogen-bond donors (Lipinski definition) is 3. The number of halogens is 2. The molecule has 10 heteroatoms. The normalized spacial score (nSPS) is 12.7. The standard InChI is InChI=1S/C17H14ClFN4O3S/c18-11-7-10(5-6-12(11)19)20-17(27)22-21-15(24)8-23-13-3-1-2-4-14(13)26-9-16(23)25/h1-7H,8-9H2,(H,21,24)(H2,20,22,27). The van der Waals surface area contributed by atoms with Crippen LogP contribution in [0.25, 0.3) is 0 Å². The van der Waals surface area contributed by atoms with Crippen LogP contribution >= 0.6 is 23.8 Å². The predicted octanol–water partition coefficient (Wildman–Crippen LogP) is 2.22. The number of hydrogen-bond acceptors (Lipinski definition) is 4. The zero-order valence-corrected chi connectivity index (χ0v) is 15.4. The number of para-hydroxylation sites is 2. The van der Waals surface area contributed by atoms with E-state index in [1.807, 2.05) is 0 Å². The second-order valence-electron chi connectivity index (χ2n) is 5.49. The van der Waals surface area contributed by atoms with Crippen LogP contribution in [0.3, 0.4) is 0 Å². The van der Waals surface area contributed by atoms with Gasteiger partial charge >= 0.3 is 0 Å². The Balaban J connectivity index is 1.54. The Hall–Kier alpha value is -2.91. The quantitative estimate of drug-likeness (QED) is 0.533. The summed E-state index contributed by atoms with van der Waals surface area (Å²) in [6.45, 7) is -0.347. The molecule has 0 aromatic heterocycles. The van der Waals surface area contributed by atoms with E-state index < -0.39 is 11.7 Å². The minimum Gasteiger partial charge on any atom is -0.482 e. The molecule has 2 aromatic rings. The van der Waals surface area contributed by atoms with Crippen molar-refractivity contribution in [2.24, 2.45) is 0 Å². The molecule has 1 aliphatic rings. The number of carbonyl (C=O) groups is 2. The van der Waals surface area contributed by atoms with Gasteiger partial charge in [-0.05, 0) is 42.5 Å². The lowest BCUT2D eigenvalue weighted by Crippen LogP contribution is -2.50. The number of rotatable bonds is 3. The van der Waals surface area contributed by atoms with Crippen LogP contribution in [0.4, 0.5) is 15.8 Å². The molecule has 0 saturated heterocycles. The zero-order valence-electron chi connectivity index (χ0n) is 13.8. The lowest BCUT2D eigenvalue weighted by atomic mass is 10.2. The fourth-order valence-electron chi connectivity index (χ4n) is 2.37. The van der Waals surface area contributed by atoms with Gasteiger partial charge in [-0.15, -0.1) is 0 Å². The van der Waals surface area contributed by atoms with Gasteiger partial charge in [0, 0.05) is 5.69 Å². The van der Waals surface area contributed by atoms with E-state index in [1.54, 1.807) is 24.3 Å². The fraction of sp³-hybridized carbons (Fsp3) is 0.118. The summed E-state index contributed by atoms with van der Waals surface area (Å²) in [6.07, 6.45) is 0. The van der Waals surface area contributed by atoms with Gasteiger partial charge in [0.15, 0.2) is 11.7 Å². The summed E-state index contributed by atoms with van der Waals surface area (Å²) in [5, 5.41) is 2.76. The average Bonchev–Trinajstić information content (AvgIpc) is 2.65. The molecular formula is C17H14ClFN4O3S. The molecule has 0 bridgehead atoms. The Morgan fingerprint density at radius 2 is 2.04 bits per heavy atom. The maximum absolute atomic E-state index is 13.1. The molecule has 0 unspecified atom stereocenters. The Morgan fingerprint density at radius 1 is 1.26 bits per heavy atom. The van der Waals surface area contributed by atoms with Crippen molar-refractivity contribution in [3.05, 3.63) is 53.3 Å². The molecule has 0 aliphatic carbocycles. The highest BCUT2D eigenvalue weighted by molar-refractivity contribution is 7.80. The van der Waals surface area contributed by atoms with E-state index in [0.717, 1.165) is 0 Å². The molecule has 0 radical (unpaired) electrons. The molecule has 140 valence electrons. The summed E-state index contributed by atoms with van der Waals surface area (Å²) >= 11 is 10.7. The topological polar surface area (TPSA) is 82.7 Å². The van der Waals surface area contributed by atoms with E-state index in [2.05, 4.69) is 16.2 Å². The second-order valence-corrected chi connectivity index (χ2v) is 6.31. The van der Waals surface area contributed by atoms with Crippen molar-refractivity contribution in [2.45, 2.75) is 0 Å². The summed E-state index contributed by atoms with van der Waals surface area (Å²) in [5.41, 5.74) is 5.87. The van der Waals surface area contributed by atoms with Crippen LogP contribution in [-0.2, 0) is 9.59 Å². The van der Waals surface area contributed by atoms with Crippen molar-refractivity contribution in [1.29, 1.82) is 0 Å². The number of benzene rings is 2. The molecule has 3 N–H and O–H groups in total. The average molecular weight is 409 g/mol. The highest BCUT2D eigenvalue weighted by atomic mass is 35.5. The molecule has 0 fully saturated rings. The van der Waals surface area contributed by atoms with E-state index in [0.29, 0.717) is 17.1 Å². The third-order valence-electron chi connectivity index (χ3n) is 3.60. The Labute approximate surface area is 164 Å². The first-order valence-corrected chi connectivity index (χ1v) is 8.56. The van der Waals surface area contributed by atoms with Gasteiger partial charge in [-0.25, -0.2) is 4.39 Å². The molecule has 7 nitrogen and oxygen atoms in total. The van der Waals surface area contributed by atoms with Crippen molar-refractivity contribution in [3.63, 3.8) is 0 Å². The van der Waals surface area contributed by atoms with Gasteiger partial charge in [0.25, 0.3) is 11.8 Å². The molecule has 3 rings (SSSR count). The summed E-state index contributed by atoms with van der Waals surface area (Å²) in [4.78, 5) is 25.5. The number of hydrazine groups is 1. The molecule has 1 heterocycles. The van der Waals surface area contributed by atoms with Crippen LogP contribution in [0.2, 0.25) is 5.02 Å². The molecule has 0 spiro atoms. The minimum atomic E-state index is -0.551. The number of nitrogens with zero attached hydrogens (tertiary/aromatic N) is 1. The predicted molar refractivity (Wildman–Crippen MR) is 103 cm³/mol. The van der Waals surface area contributed by atoms with Crippen LogP contribution in [0.1, 0.15) is 0 Å². The fourth-order valence-corrected chi connectivity index (χ4v) is 2.72. The number of amides is 2. The summed E-state index contributed by atoms with van der Waals surface area (Å²) < 4.78 is 18.5. The molecule has 1 aliphatic heterocycles. The van der Waals surface area contributed by atoms with E-state index in [1.165, 1.54) is 23.1 Å². The van der Waals surface area contributed by atoms with Gasteiger partial charge in [0.1, 0.15) is 18.1 Å². The van der Waals surface area contributed by atoms with Crippen LogP contribution in [0, 0.1) is 5.82 Å². The van der Waals surface area contributed by atoms with Gasteiger partial charge in [0.2, 0.25) is 0 Å². The third kappa shape index (κ3) is 4.63. The largest absolute Gasteiger partial charge is 0.482 e. The van der Waals surface area contributed by atoms with Crippen molar-refractivity contribution >= 4 is 52.1 Å². The Bertz CT molecular complexity index is 911. The van der Waals surface area contributed by atoms with Crippen molar-refractivity contribution < 1.29 is 18.7 Å². The molecular weight excluding hydrogens is 395 g/mol. The molecule has 2 amide bonds. The summed E-state index contributed by atoms with van der Waals surface area (Å²) in [6, 6.07) is 10.9. The second kappa shape index (κ2) is 8.19. The highest BCUT2D eigenvalue weighted by Crippen LogP contribution is 2.31. The first-order valence-electron chi connectivity index (χ1n) is 7.77. The molecule has 2 aromatic carbocycles. The van der Waals surface area contributed by atoms with Gasteiger partial charge in [-0.1, -0.05) is 23.7 Å². The lowest BCUT2D eigenvalue weighted by molar-refractivity contribution is -0.125. The van der Waals surface area contributed by atoms with Crippen molar-refractivity contribution in [3.8, 4) is 5.75 Å². The number of anilines is 2. The summed E-state index contributed by atoms with van der Waals surface area (Å²) in [7, 11) is 0. The summed E-state index contributed by atoms with van der Waals surface area (Å²) in [5.74, 6) is -0.833. The first kappa shape index (κ1) is 18.9. The van der Waals surface area contributed by atoms with E-state index in [9.17, 15) is 14.0 Å².